The molecule has 0 unspecified atom stereocenters. The number of hydrogen-bond donors (Lipinski definition) is 0. The van der Waals surface area contributed by atoms with E-state index >= 15 is 4.39 Å². The third-order valence-corrected chi connectivity index (χ3v) is 18.2. The highest BCUT2D eigenvalue weighted by Crippen LogP contribution is 2.55. The number of nitrogens with zero attached hydrogens (tertiary/aromatic N) is 2. The van der Waals surface area contributed by atoms with E-state index in [-0.39, 0.29) is 39.2 Å². The Morgan fingerprint density at radius 1 is 0.492 bits per heavy atom. The van der Waals surface area contributed by atoms with E-state index in [9.17, 15) is 4.39 Å². The van der Waals surface area contributed by atoms with Gasteiger partial charge in [0.1, 0.15) is 11.6 Å². The first-order chi connectivity index (χ1) is 29.4. The Morgan fingerprint density at radius 3 is 1.59 bits per heavy atom. The maximum atomic E-state index is 16.8. The number of fused-ring (bicyclic) bond motifs is 9. The zero-order chi connectivity index (χ0) is 44.7. The maximum Gasteiger partial charge on any atom is 0.264 e. The molecule has 3 aliphatic carbocycles. The van der Waals surface area contributed by atoms with Crippen LogP contribution in [0.2, 0.25) is 0 Å². The average molecular weight is 857 g/mol. The van der Waals surface area contributed by atoms with Crippen molar-refractivity contribution in [2.45, 2.75) is 161 Å². The quantitative estimate of drug-likeness (QED) is 0.160. The molecule has 2 nitrogen and oxygen atoms in total. The lowest BCUT2D eigenvalue weighted by molar-refractivity contribution is 0.332. The molecular formula is C57H63BF2N2S. The molecule has 5 aromatic carbocycles. The molecule has 0 atom stereocenters. The highest BCUT2D eigenvalue weighted by molar-refractivity contribution is 7.33. The Bertz CT molecular complexity index is 2980. The van der Waals surface area contributed by atoms with Gasteiger partial charge in [0.15, 0.2) is 0 Å². The molecule has 2 aliphatic heterocycles. The molecule has 0 fully saturated rings. The van der Waals surface area contributed by atoms with Gasteiger partial charge in [-0.2, -0.15) is 0 Å². The molecule has 0 N–H and O–H groups in total. The van der Waals surface area contributed by atoms with Gasteiger partial charge < -0.3 is 9.80 Å². The van der Waals surface area contributed by atoms with E-state index in [1.165, 1.54) is 71.2 Å². The molecule has 63 heavy (non-hydrogen) atoms. The second kappa shape index (κ2) is 12.9. The predicted octanol–water partition coefficient (Wildman–Crippen LogP) is 14.6. The average Bonchev–Trinajstić information content (AvgIpc) is 3.58. The highest BCUT2D eigenvalue weighted by Gasteiger charge is 2.49. The number of thiophene rings is 1. The van der Waals surface area contributed by atoms with E-state index in [0.717, 1.165) is 72.6 Å². The molecule has 324 valence electrons. The van der Waals surface area contributed by atoms with Gasteiger partial charge in [0.05, 0.1) is 11.4 Å². The second-order valence-corrected chi connectivity index (χ2v) is 25.2. The van der Waals surface area contributed by atoms with E-state index in [1.807, 2.05) is 11.3 Å². The van der Waals surface area contributed by atoms with Crippen LogP contribution in [0.4, 0.5) is 42.9 Å². The van der Waals surface area contributed by atoms with E-state index in [1.54, 1.807) is 6.07 Å². The summed E-state index contributed by atoms with van der Waals surface area (Å²) >= 11 is 1.88. The number of aryl methyl sites for hydroxylation is 1. The molecule has 6 heteroatoms. The third-order valence-electron chi connectivity index (χ3n) is 17.0. The van der Waals surface area contributed by atoms with Crippen LogP contribution in [0.1, 0.15) is 161 Å². The van der Waals surface area contributed by atoms with Gasteiger partial charge >= 0.3 is 0 Å². The van der Waals surface area contributed by atoms with Crippen LogP contribution in [0.3, 0.4) is 0 Å². The highest BCUT2D eigenvalue weighted by atomic mass is 32.1. The fourth-order valence-electron chi connectivity index (χ4n) is 12.6. The molecule has 0 saturated heterocycles. The predicted molar refractivity (Wildman–Crippen MR) is 266 cm³/mol. The lowest BCUT2D eigenvalue weighted by Gasteiger charge is -2.47. The summed E-state index contributed by atoms with van der Waals surface area (Å²) in [7, 11) is 0. The smallest absolute Gasteiger partial charge is 0.264 e. The van der Waals surface area contributed by atoms with Crippen molar-refractivity contribution < 1.29 is 8.78 Å². The topological polar surface area (TPSA) is 6.48 Å². The first kappa shape index (κ1) is 41.3. The van der Waals surface area contributed by atoms with Gasteiger partial charge in [-0.05, 0) is 182 Å². The maximum absolute atomic E-state index is 16.8. The van der Waals surface area contributed by atoms with Crippen molar-refractivity contribution in [3.63, 3.8) is 0 Å². The number of anilines is 6. The zero-order valence-electron chi connectivity index (χ0n) is 39.8. The molecule has 5 aliphatic rings. The van der Waals surface area contributed by atoms with Gasteiger partial charge in [-0.3, -0.25) is 0 Å². The van der Waals surface area contributed by atoms with Crippen molar-refractivity contribution in [1.29, 1.82) is 0 Å². The molecule has 3 heterocycles. The first-order valence-corrected chi connectivity index (χ1v) is 24.4. The summed E-state index contributed by atoms with van der Waals surface area (Å²) in [6.07, 6.45) is 6.79. The van der Waals surface area contributed by atoms with Crippen molar-refractivity contribution in [2.24, 2.45) is 0 Å². The van der Waals surface area contributed by atoms with Crippen LogP contribution in [-0.4, -0.2) is 6.71 Å². The number of rotatable bonds is 2. The van der Waals surface area contributed by atoms with E-state index in [2.05, 4.69) is 154 Å². The van der Waals surface area contributed by atoms with Gasteiger partial charge in [-0.15, -0.1) is 11.3 Å². The molecule has 0 amide bonds. The summed E-state index contributed by atoms with van der Waals surface area (Å²) in [6.45, 7) is 31.0. The van der Waals surface area contributed by atoms with Gasteiger partial charge in [0.25, 0.3) is 6.71 Å². The summed E-state index contributed by atoms with van der Waals surface area (Å²) < 4.78 is 34.1. The molecule has 0 spiro atoms. The largest absolute Gasteiger partial charge is 0.311 e. The molecule has 0 bridgehead atoms. The van der Waals surface area contributed by atoms with Crippen molar-refractivity contribution in [3.8, 4) is 0 Å². The first-order valence-electron chi connectivity index (χ1n) is 23.6. The van der Waals surface area contributed by atoms with Gasteiger partial charge in [-0.1, -0.05) is 95.2 Å². The van der Waals surface area contributed by atoms with Crippen LogP contribution in [0.25, 0.3) is 10.1 Å². The standard InChI is InChI=1S/C57H63BF2N2S/c1-32-24-46-49-47(25-32)62(44-17-14-33(59)26-43(44)60)50-35-28-38-41(57(12,13)23-20-54(38,6)7)31-48(35)63-51(50)58(49)42-29-39-40(56(10,11)22-21-55(39,8)9)30-45(42)61(46)34-15-16-36-37(27-34)53(4,5)19-18-52(36,2)3/h14-17,24-31H,18-23H2,1-13H3. The molecule has 11 rings (SSSR count). The summed E-state index contributed by atoms with van der Waals surface area (Å²) in [5.41, 5.74) is 18.2. The van der Waals surface area contributed by atoms with Crippen molar-refractivity contribution >= 4 is 78.0 Å². The summed E-state index contributed by atoms with van der Waals surface area (Å²) in [4.78, 5) is 4.74. The Morgan fingerprint density at radius 2 is 1.00 bits per heavy atom. The minimum Gasteiger partial charge on any atom is -0.311 e. The Hall–Kier alpha value is -4.42. The minimum absolute atomic E-state index is 0.000319. The van der Waals surface area contributed by atoms with Crippen molar-refractivity contribution in [1.82, 2.24) is 0 Å². The number of benzene rings is 5. The summed E-state index contributed by atoms with van der Waals surface area (Å²) in [5, 5.41) is 1.15. The van der Waals surface area contributed by atoms with Crippen molar-refractivity contribution in [2.75, 3.05) is 9.80 Å². The van der Waals surface area contributed by atoms with Crippen molar-refractivity contribution in [3.05, 3.63) is 123 Å². The summed E-state index contributed by atoms with van der Waals surface area (Å²) in [6, 6.07) is 26.2. The molecule has 0 saturated carbocycles. The van der Waals surface area contributed by atoms with Gasteiger partial charge in [-0.25, -0.2) is 8.78 Å². The number of halogens is 2. The number of hydrogen-bond acceptors (Lipinski definition) is 3. The van der Waals surface area contributed by atoms with Crippen LogP contribution < -0.4 is 25.5 Å². The fourth-order valence-corrected chi connectivity index (χ4v) is 14.0. The minimum atomic E-state index is -0.570. The van der Waals surface area contributed by atoms with Crippen LogP contribution in [0.15, 0.2) is 72.8 Å². The molecule has 1 aromatic heterocycles. The van der Waals surface area contributed by atoms with Crippen LogP contribution in [0.5, 0.6) is 0 Å². The lowest BCUT2D eigenvalue weighted by atomic mass is 9.35. The van der Waals surface area contributed by atoms with Crippen LogP contribution in [-0.2, 0) is 32.5 Å². The van der Waals surface area contributed by atoms with E-state index in [0.29, 0.717) is 5.69 Å². The van der Waals surface area contributed by atoms with E-state index in [4.69, 9.17) is 0 Å². The fraction of sp³-hybridized carbons (Fsp3) is 0.439. The third kappa shape index (κ3) is 5.84. The zero-order valence-corrected chi connectivity index (χ0v) is 40.6. The monoisotopic (exact) mass is 856 g/mol. The lowest BCUT2D eigenvalue weighted by Crippen LogP contribution is -2.61. The molecular weight excluding hydrogens is 794 g/mol. The Balaban J connectivity index is 1.28. The second-order valence-electron chi connectivity index (χ2n) is 24.1. The Labute approximate surface area is 379 Å². The molecule has 6 aromatic rings. The van der Waals surface area contributed by atoms with E-state index < -0.39 is 11.6 Å². The Kier molecular flexibility index (Phi) is 8.45. The SMILES string of the molecule is Cc1cc2c3c(c1)N(c1ccc(F)cc1F)c1c(sc4cc5c(cc14)C(C)(C)CCC5(C)C)B3c1cc3c(cc1N2c1ccc2c(c1)C(C)(C)CCC2(C)C)C(C)(C)CCC3(C)C. The van der Waals surface area contributed by atoms with Crippen LogP contribution in [0, 0.1) is 18.6 Å². The summed E-state index contributed by atoms with van der Waals surface area (Å²) in [5.74, 6) is -1.13. The van der Waals surface area contributed by atoms with Crippen LogP contribution >= 0.6 is 11.3 Å². The van der Waals surface area contributed by atoms with Gasteiger partial charge in [0.2, 0.25) is 0 Å². The van der Waals surface area contributed by atoms with Gasteiger partial charge in [0, 0.05) is 43.7 Å². The normalized spacial score (nSPS) is 21.2. The molecule has 0 radical (unpaired) electrons.